The van der Waals surface area contributed by atoms with Gasteiger partial charge < -0.3 is 4.42 Å². The molecule has 3 heterocycles. The molecule has 0 saturated heterocycles. The second kappa shape index (κ2) is 6.16. The van der Waals surface area contributed by atoms with Crippen LogP contribution in [0.5, 0.6) is 0 Å². The molecule has 0 radical (unpaired) electrons. The summed E-state index contributed by atoms with van der Waals surface area (Å²) >= 11 is 0. The van der Waals surface area contributed by atoms with Crippen molar-refractivity contribution in [3.63, 3.8) is 0 Å². The minimum absolute atomic E-state index is 0.212. The minimum atomic E-state index is -0.293. The molecule has 0 saturated carbocycles. The van der Waals surface area contributed by atoms with E-state index in [1.807, 2.05) is 18.2 Å². The Labute approximate surface area is 158 Å². The molecule has 2 aromatic heterocycles. The molecule has 0 spiro atoms. The van der Waals surface area contributed by atoms with Crippen LogP contribution in [0.15, 0.2) is 64.1 Å². The van der Waals surface area contributed by atoms with Gasteiger partial charge in [0.25, 0.3) is 17.4 Å². The number of hydrogen-bond donors (Lipinski definition) is 0. The quantitative estimate of drug-likeness (QED) is 0.514. The van der Waals surface area contributed by atoms with Gasteiger partial charge in [-0.3, -0.25) is 23.9 Å². The van der Waals surface area contributed by atoms with Crippen LogP contribution in [0, 0.1) is 0 Å². The number of para-hydroxylation sites is 1. The van der Waals surface area contributed by atoms with Gasteiger partial charge in [-0.25, -0.2) is 4.98 Å². The summed E-state index contributed by atoms with van der Waals surface area (Å²) in [7, 11) is 0. The molecule has 1 aliphatic heterocycles. The number of carbonyl (C=O) groups excluding carboxylic acids is 2. The number of nitrogens with zero attached hydrogens (tertiary/aromatic N) is 3. The van der Waals surface area contributed by atoms with Gasteiger partial charge in [0, 0.05) is 18.5 Å². The first-order chi connectivity index (χ1) is 13.6. The summed E-state index contributed by atoms with van der Waals surface area (Å²) < 4.78 is 7.11. The number of amides is 2. The summed E-state index contributed by atoms with van der Waals surface area (Å²) in [6, 6.07) is 14.1. The molecule has 0 bridgehead atoms. The lowest BCUT2D eigenvalue weighted by Crippen LogP contribution is -2.32. The number of aromatic nitrogens is 2. The predicted octanol–water partition coefficient (Wildman–Crippen LogP) is 2.83. The van der Waals surface area contributed by atoms with E-state index in [1.165, 1.54) is 15.8 Å². The van der Waals surface area contributed by atoms with Crippen molar-refractivity contribution in [2.75, 3.05) is 6.54 Å². The van der Waals surface area contributed by atoms with E-state index in [0.29, 0.717) is 35.2 Å². The van der Waals surface area contributed by atoms with E-state index in [0.717, 1.165) is 5.39 Å². The molecule has 4 aromatic rings. The smallest absolute Gasteiger partial charge is 0.297 e. The zero-order valence-electron chi connectivity index (χ0n) is 14.8. The molecular formula is C21H15N3O4. The topological polar surface area (TPSA) is 85.4 Å². The zero-order valence-corrected chi connectivity index (χ0v) is 14.8. The second-order valence-corrected chi connectivity index (χ2v) is 6.68. The number of furan rings is 1. The molecule has 2 amide bonds. The maximum absolute atomic E-state index is 12.7. The van der Waals surface area contributed by atoms with Crippen molar-refractivity contribution in [1.29, 1.82) is 0 Å². The summed E-state index contributed by atoms with van der Waals surface area (Å²) in [6.45, 7) is 0.559. The van der Waals surface area contributed by atoms with Gasteiger partial charge in [0.15, 0.2) is 0 Å². The van der Waals surface area contributed by atoms with E-state index < -0.39 is 0 Å². The highest BCUT2D eigenvalue weighted by Gasteiger charge is 2.34. The standard InChI is InChI=1S/C21H15N3O4/c25-19-13-6-1-2-7-14(13)20(26)24(19)11-5-10-23-12-22-17-15-8-3-4-9-16(15)28-18(17)21(23)27/h1-4,6-9,12H,5,10-11H2. The number of imide groups is 1. The molecule has 7 nitrogen and oxygen atoms in total. The molecule has 2 aromatic carbocycles. The maximum Gasteiger partial charge on any atom is 0.297 e. The summed E-state index contributed by atoms with van der Waals surface area (Å²) in [5.74, 6) is -0.586. The number of aryl methyl sites for hydroxylation is 1. The van der Waals surface area contributed by atoms with Gasteiger partial charge in [-0.05, 0) is 30.7 Å². The lowest BCUT2D eigenvalue weighted by molar-refractivity contribution is 0.0650. The lowest BCUT2D eigenvalue weighted by atomic mass is 10.1. The number of benzene rings is 2. The van der Waals surface area contributed by atoms with E-state index >= 15 is 0 Å². The molecule has 7 heteroatoms. The Bertz CT molecular complexity index is 1280. The van der Waals surface area contributed by atoms with Crippen LogP contribution in [-0.2, 0) is 6.54 Å². The fraction of sp³-hybridized carbons (Fsp3) is 0.143. The Morgan fingerprint density at radius 3 is 2.29 bits per heavy atom. The van der Waals surface area contributed by atoms with E-state index in [1.54, 1.807) is 30.3 Å². The number of fused-ring (bicyclic) bond motifs is 4. The van der Waals surface area contributed by atoms with Gasteiger partial charge in [-0.15, -0.1) is 0 Å². The van der Waals surface area contributed by atoms with Crippen LogP contribution in [0.4, 0.5) is 0 Å². The van der Waals surface area contributed by atoms with Gasteiger partial charge in [0.05, 0.1) is 17.5 Å². The summed E-state index contributed by atoms with van der Waals surface area (Å²) in [6.07, 6.45) is 1.92. The molecule has 1 aliphatic rings. The Hall–Kier alpha value is -3.74. The molecule has 28 heavy (non-hydrogen) atoms. The van der Waals surface area contributed by atoms with Crippen molar-refractivity contribution in [1.82, 2.24) is 14.5 Å². The van der Waals surface area contributed by atoms with Crippen molar-refractivity contribution in [2.24, 2.45) is 0 Å². The Kier molecular flexibility index (Phi) is 3.61. The van der Waals surface area contributed by atoms with E-state index in [-0.39, 0.29) is 29.5 Å². The third-order valence-corrected chi connectivity index (χ3v) is 5.01. The van der Waals surface area contributed by atoms with Gasteiger partial charge in [0.1, 0.15) is 11.1 Å². The summed E-state index contributed by atoms with van der Waals surface area (Å²) in [4.78, 5) is 43.1. The first-order valence-corrected chi connectivity index (χ1v) is 8.97. The minimum Gasteiger partial charge on any atom is -0.448 e. The van der Waals surface area contributed by atoms with Crippen LogP contribution in [0.2, 0.25) is 0 Å². The van der Waals surface area contributed by atoms with Crippen molar-refractivity contribution >= 4 is 33.9 Å². The largest absolute Gasteiger partial charge is 0.448 e. The van der Waals surface area contributed by atoms with E-state index in [2.05, 4.69) is 4.98 Å². The van der Waals surface area contributed by atoms with Crippen LogP contribution < -0.4 is 5.56 Å². The first kappa shape index (κ1) is 16.4. The van der Waals surface area contributed by atoms with Crippen LogP contribution in [0.3, 0.4) is 0 Å². The normalized spacial score (nSPS) is 13.6. The zero-order chi connectivity index (χ0) is 19.3. The molecule has 5 rings (SSSR count). The molecule has 0 atom stereocenters. The Morgan fingerprint density at radius 1 is 0.857 bits per heavy atom. The molecule has 0 fully saturated rings. The van der Waals surface area contributed by atoms with Crippen molar-refractivity contribution in [3.8, 4) is 0 Å². The van der Waals surface area contributed by atoms with Gasteiger partial charge in [-0.1, -0.05) is 24.3 Å². The average Bonchev–Trinajstić information content (AvgIpc) is 3.21. The van der Waals surface area contributed by atoms with Gasteiger partial charge in [-0.2, -0.15) is 0 Å². The number of rotatable bonds is 4. The summed E-state index contributed by atoms with van der Waals surface area (Å²) in [5, 5.41) is 0.799. The highest BCUT2D eigenvalue weighted by molar-refractivity contribution is 6.21. The molecule has 138 valence electrons. The fourth-order valence-electron chi connectivity index (χ4n) is 3.62. The van der Waals surface area contributed by atoms with Crippen molar-refractivity contribution in [2.45, 2.75) is 13.0 Å². The summed E-state index contributed by atoms with van der Waals surface area (Å²) in [5.41, 5.74) is 1.95. The molecule has 0 unspecified atom stereocenters. The predicted molar refractivity (Wildman–Crippen MR) is 102 cm³/mol. The van der Waals surface area contributed by atoms with Gasteiger partial charge in [0.2, 0.25) is 5.58 Å². The number of hydrogen-bond acceptors (Lipinski definition) is 5. The monoisotopic (exact) mass is 373 g/mol. The molecular weight excluding hydrogens is 358 g/mol. The van der Waals surface area contributed by atoms with Crippen molar-refractivity contribution < 1.29 is 14.0 Å². The lowest BCUT2D eigenvalue weighted by Gasteiger charge is -2.13. The molecule has 0 N–H and O–H groups in total. The number of carbonyl (C=O) groups is 2. The van der Waals surface area contributed by atoms with Gasteiger partial charge >= 0.3 is 0 Å². The Balaban J connectivity index is 1.36. The fourth-order valence-corrected chi connectivity index (χ4v) is 3.62. The maximum atomic E-state index is 12.7. The average molecular weight is 373 g/mol. The van der Waals surface area contributed by atoms with Crippen LogP contribution >= 0.6 is 0 Å². The highest BCUT2D eigenvalue weighted by atomic mass is 16.3. The van der Waals surface area contributed by atoms with E-state index in [9.17, 15) is 14.4 Å². The highest BCUT2D eigenvalue weighted by Crippen LogP contribution is 2.24. The van der Waals surface area contributed by atoms with Crippen LogP contribution in [0.25, 0.3) is 22.1 Å². The second-order valence-electron chi connectivity index (χ2n) is 6.68. The third kappa shape index (κ3) is 2.36. The first-order valence-electron chi connectivity index (χ1n) is 8.97. The van der Waals surface area contributed by atoms with Crippen LogP contribution in [0.1, 0.15) is 27.1 Å². The molecule has 0 aliphatic carbocycles. The van der Waals surface area contributed by atoms with Crippen molar-refractivity contribution in [3.05, 3.63) is 76.3 Å². The third-order valence-electron chi connectivity index (χ3n) is 5.01. The van der Waals surface area contributed by atoms with E-state index in [4.69, 9.17) is 4.42 Å². The Morgan fingerprint density at radius 2 is 1.54 bits per heavy atom. The SMILES string of the molecule is O=C1c2ccccc2C(=O)N1CCCn1cnc2c(oc3ccccc32)c1=O. The van der Waals surface area contributed by atoms with Crippen LogP contribution in [-0.4, -0.2) is 32.8 Å².